The van der Waals surface area contributed by atoms with Gasteiger partial charge in [-0.15, -0.1) is 0 Å². The Bertz CT molecular complexity index is 156. The van der Waals surface area contributed by atoms with E-state index in [0.717, 1.165) is 18.3 Å². The maximum Gasteiger partial charge on any atom is 0.0577 e. The highest BCUT2D eigenvalue weighted by molar-refractivity contribution is 4.75. The molecule has 1 saturated carbocycles. The molecule has 2 heteroatoms. The van der Waals surface area contributed by atoms with Gasteiger partial charge >= 0.3 is 0 Å². The van der Waals surface area contributed by atoms with Crippen LogP contribution in [-0.2, 0) is 4.74 Å². The van der Waals surface area contributed by atoms with Crippen LogP contribution in [0.3, 0.4) is 0 Å². The van der Waals surface area contributed by atoms with E-state index in [1.807, 2.05) is 6.92 Å². The first-order valence-electron chi connectivity index (χ1n) is 5.89. The van der Waals surface area contributed by atoms with Gasteiger partial charge < -0.3 is 9.84 Å². The lowest BCUT2D eigenvalue weighted by Crippen LogP contribution is -2.27. The fourth-order valence-electron chi connectivity index (χ4n) is 2.05. The first-order valence-corrected chi connectivity index (χ1v) is 5.89. The van der Waals surface area contributed by atoms with E-state index in [0.29, 0.717) is 12.7 Å². The molecule has 4 atom stereocenters. The fourth-order valence-corrected chi connectivity index (χ4v) is 2.05. The second-order valence-corrected chi connectivity index (χ2v) is 4.90. The summed E-state index contributed by atoms with van der Waals surface area (Å²) in [5, 5.41) is 9.10. The maximum absolute atomic E-state index is 9.10. The van der Waals surface area contributed by atoms with E-state index in [9.17, 15) is 0 Å². The molecule has 4 unspecified atom stereocenters. The Balaban J connectivity index is 2.13. The van der Waals surface area contributed by atoms with Gasteiger partial charge in [0.15, 0.2) is 0 Å². The van der Waals surface area contributed by atoms with E-state index in [2.05, 4.69) is 13.8 Å². The quantitative estimate of drug-likeness (QED) is 0.756. The third-order valence-electron chi connectivity index (χ3n) is 3.44. The van der Waals surface area contributed by atoms with Crippen molar-refractivity contribution in [3.63, 3.8) is 0 Å². The standard InChI is InChI=1S/C12H24O2/c1-9-4-5-12(8-10(9)2)14-7-6-11(3)13/h9-13H,4-8H2,1-3H3. The van der Waals surface area contributed by atoms with Crippen molar-refractivity contribution < 1.29 is 9.84 Å². The molecule has 14 heavy (non-hydrogen) atoms. The van der Waals surface area contributed by atoms with Crippen molar-refractivity contribution in [3.8, 4) is 0 Å². The fraction of sp³-hybridized carbons (Fsp3) is 1.00. The predicted molar refractivity (Wildman–Crippen MR) is 58.2 cm³/mol. The smallest absolute Gasteiger partial charge is 0.0577 e. The van der Waals surface area contributed by atoms with Crippen LogP contribution < -0.4 is 0 Å². The first kappa shape index (κ1) is 12.0. The van der Waals surface area contributed by atoms with Gasteiger partial charge in [-0.25, -0.2) is 0 Å². The summed E-state index contributed by atoms with van der Waals surface area (Å²) in [5.41, 5.74) is 0. The van der Waals surface area contributed by atoms with Crippen LogP contribution in [0.2, 0.25) is 0 Å². The van der Waals surface area contributed by atoms with Gasteiger partial charge in [0.25, 0.3) is 0 Å². The van der Waals surface area contributed by atoms with Gasteiger partial charge in [-0.3, -0.25) is 0 Å². The Labute approximate surface area is 87.7 Å². The molecule has 84 valence electrons. The molecule has 1 rings (SSSR count). The largest absolute Gasteiger partial charge is 0.393 e. The molecule has 1 aliphatic rings. The summed E-state index contributed by atoms with van der Waals surface area (Å²) in [6, 6.07) is 0. The highest BCUT2D eigenvalue weighted by Crippen LogP contribution is 2.30. The van der Waals surface area contributed by atoms with Crippen molar-refractivity contribution in [3.05, 3.63) is 0 Å². The summed E-state index contributed by atoms with van der Waals surface area (Å²) in [6.45, 7) is 7.17. The highest BCUT2D eigenvalue weighted by Gasteiger charge is 2.24. The third-order valence-corrected chi connectivity index (χ3v) is 3.44. The molecule has 2 nitrogen and oxygen atoms in total. The third kappa shape index (κ3) is 3.97. The molecule has 0 amide bonds. The topological polar surface area (TPSA) is 29.5 Å². The second-order valence-electron chi connectivity index (χ2n) is 4.90. The Morgan fingerprint density at radius 1 is 1.29 bits per heavy atom. The van der Waals surface area contributed by atoms with Crippen LogP contribution in [0, 0.1) is 11.8 Å². The molecule has 0 heterocycles. The van der Waals surface area contributed by atoms with Crippen molar-refractivity contribution >= 4 is 0 Å². The molecule has 0 saturated heterocycles. The van der Waals surface area contributed by atoms with Gasteiger partial charge in [-0.1, -0.05) is 13.8 Å². The lowest BCUT2D eigenvalue weighted by Gasteiger charge is -2.32. The molecular weight excluding hydrogens is 176 g/mol. The average molecular weight is 200 g/mol. The van der Waals surface area contributed by atoms with Crippen molar-refractivity contribution in [2.75, 3.05) is 6.61 Å². The molecule has 1 aliphatic carbocycles. The molecule has 0 aromatic rings. The molecular formula is C12H24O2. The molecule has 0 spiro atoms. The Morgan fingerprint density at radius 2 is 2.00 bits per heavy atom. The second kappa shape index (κ2) is 5.72. The van der Waals surface area contributed by atoms with Gasteiger partial charge in [-0.2, -0.15) is 0 Å². The van der Waals surface area contributed by atoms with E-state index in [1.165, 1.54) is 19.3 Å². The molecule has 0 aliphatic heterocycles. The summed E-state index contributed by atoms with van der Waals surface area (Å²) >= 11 is 0. The molecule has 0 aromatic carbocycles. The Hall–Kier alpha value is -0.0800. The molecule has 1 fully saturated rings. The number of rotatable bonds is 4. The van der Waals surface area contributed by atoms with Gasteiger partial charge in [0.05, 0.1) is 12.2 Å². The maximum atomic E-state index is 9.10. The van der Waals surface area contributed by atoms with Crippen molar-refractivity contribution in [2.24, 2.45) is 11.8 Å². The van der Waals surface area contributed by atoms with Crippen LogP contribution in [0.5, 0.6) is 0 Å². The SMILES string of the molecule is CC(O)CCOC1CCC(C)C(C)C1. The van der Waals surface area contributed by atoms with Gasteiger partial charge in [0.1, 0.15) is 0 Å². The number of ether oxygens (including phenoxy) is 1. The van der Waals surface area contributed by atoms with Crippen molar-refractivity contribution in [1.82, 2.24) is 0 Å². The summed E-state index contributed by atoms with van der Waals surface area (Å²) in [6.07, 6.45) is 4.67. The summed E-state index contributed by atoms with van der Waals surface area (Å²) in [4.78, 5) is 0. The Kier molecular flexibility index (Phi) is 4.90. The van der Waals surface area contributed by atoms with Crippen molar-refractivity contribution in [2.45, 2.75) is 58.7 Å². The summed E-state index contributed by atoms with van der Waals surface area (Å²) in [5.74, 6) is 1.65. The number of hydrogen-bond donors (Lipinski definition) is 1. The van der Waals surface area contributed by atoms with Gasteiger partial charge in [-0.05, 0) is 44.4 Å². The predicted octanol–water partition coefficient (Wildman–Crippen LogP) is 2.60. The molecule has 0 bridgehead atoms. The van der Waals surface area contributed by atoms with E-state index < -0.39 is 0 Å². The lowest BCUT2D eigenvalue weighted by atomic mass is 9.80. The minimum absolute atomic E-state index is 0.227. The average Bonchev–Trinajstić information content (AvgIpc) is 2.10. The molecule has 0 aromatic heterocycles. The van der Waals surface area contributed by atoms with Gasteiger partial charge in [0, 0.05) is 6.61 Å². The first-order chi connectivity index (χ1) is 6.59. The van der Waals surface area contributed by atoms with Crippen LogP contribution in [0.1, 0.15) is 46.5 Å². The number of hydrogen-bond acceptors (Lipinski definition) is 2. The number of aliphatic hydroxyl groups excluding tert-OH is 1. The van der Waals surface area contributed by atoms with Crippen molar-refractivity contribution in [1.29, 1.82) is 0 Å². The van der Waals surface area contributed by atoms with E-state index in [4.69, 9.17) is 9.84 Å². The van der Waals surface area contributed by atoms with E-state index >= 15 is 0 Å². The normalized spacial score (nSPS) is 35.6. The van der Waals surface area contributed by atoms with E-state index in [1.54, 1.807) is 0 Å². The zero-order valence-corrected chi connectivity index (χ0v) is 9.70. The van der Waals surface area contributed by atoms with Crippen LogP contribution in [-0.4, -0.2) is 23.9 Å². The lowest BCUT2D eigenvalue weighted by molar-refractivity contribution is -0.00937. The molecule has 0 radical (unpaired) electrons. The Morgan fingerprint density at radius 3 is 2.57 bits per heavy atom. The van der Waals surface area contributed by atoms with Crippen LogP contribution in [0.25, 0.3) is 0 Å². The zero-order valence-electron chi connectivity index (χ0n) is 9.70. The van der Waals surface area contributed by atoms with E-state index in [-0.39, 0.29) is 6.10 Å². The minimum atomic E-state index is -0.227. The summed E-state index contributed by atoms with van der Waals surface area (Å²) in [7, 11) is 0. The zero-order chi connectivity index (χ0) is 10.6. The van der Waals surface area contributed by atoms with Gasteiger partial charge in [0.2, 0.25) is 0 Å². The number of aliphatic hydroxyl groups is 1. The highest BCUT2D eigenvalue weighted by atomic mass is 16.5. The van der Waals surface area contributed by atoms with Crippen LogP contribution in [0.4, 0.5) is 0 Å². The monoisotopic (exact) mass is 200 g/mol. The molecule has 1 N–H and O–H groups in total. The van der Waals surface area contributed by atoms with Crippen LogP contribution >= 0.6 is 0 Å². The van der Waals surface area contributed by atoms with Crippen LogP contribution in [0.15, 0.2) is 0 Å². The summed E-state index contributed by atoms with van der Waals surface area (Å²) < 4.78 is 5.75. The minimum Gasteiger partial charge on any atom is -0.393 e.